The topological polar surface area (TPSA) is 46.9 Å². The minimum Gasteiger partial charge on any atom is -0.349 e. The highest BCUT2D eigenvalue weighted by molar-refractivity contribution is 7.20. The zero-order chi connectivity index (χ0) is 16.7. The van der Waals surface area contributed by atoms with E-state index in [0.29, 0.717) is 6.04 Å². The summed E-state index contributed by atoms with van der Waals surface area (Å²) in [4.78, 5) is 14.4. The number of benzene rings is 1. The van der Waals surface area contributed by atoms with Gasteiger partial charge in [-0.05, 0) is 44.9 Å². The minimum atomic E-state index is 0.0537. The maximum Gasteiger partial charge on any atom is 0.261 e. The fraction of sp³-hybridized carbons (Fsp3) is 0.368. The average Bonchev–Trinajstić information content (AvgIpc) is 3.27. The van der Waals surface area contributed by atoms with Gasteiger partial charge in [0.1, 0.15) is 4.83 Å². The summed E-state index contributed by atoms with van der Waals surface area (Å²) in [6, 6.07) is 10.6. The molecule has 2 heterocycles. The highest BCUT2D eigenvalue weighted by atomic mass is 32.1. The first-order chi connectivity index (χ1) is 11.6. The Kier molecular flexibility index (Phi) is 3.88. The number of rotatable bonds is 3. The summed E-state index contributed by atoms with van der Waals surface area (Å²) in [7, 11) is 0. The predicted molar refractivity (Wildman–Crippen MR) is 98.1 cm³/mol. The molecule has 0 radical (unpaired) electrons. The summed E-state index contributed by atoms with van der Waals surface area (Å²) in [6.07, 6.45) is 4.65. The number of thiophene rings is 1. The molecule has 0 bridgehead atoms. The molecule has 3 aromatic rings. The van der Waals surface area contributed by atoms with Gasteiger partial charge in [-0.15, -0.1) is 11.3 Å². The lowest BCUT2D eigenvalue weighted by Crippen LogP contribution is -2.31. The Morgan fingerprint density at radius 2 is 1.92 bits per heavy atom. The number of hydrogen-bond donors (Lipinski definition) is 1. The minimum absolute atomic E-state index is 0.0537. The van der Waals surface area contributed by atoms with Crippen molar-refractivity contribution in [2.45, 2.75) is 45.6 Å². The third-order valence-corrected chi connectivity index (χ3v) is 5.85. The molecule has 1 fully saturated rings. The summed E-state index contributed by atoms with van der Waals surface area (Å²) in [6.45, 7) is 4.07. The molecule has 0 saturated heterocycles. The predicted octanol–water partition coefficient (Wildman–Crippen LogP) is 4.38. The molecule has 1 aliphatic rings. The van der Waals surface area contributed by atoms with Crippen LogP contribution in [0.15, 0.2) is 30.3 Å². The first-order valence-corrected chi connectivity index (χ1v) is 9.30. The third kappa shape index (κ3) is 2.73. The van der Waals surface area contributed by atoms with E-state index in [1.54, 1.807) is 0 Å². The van der Waals surface area contributed by atoms with Gasteiger partial charge in [0.25, 0.3) is 5.91 Å². The van der Waals surface area contributed by atoms with Crippen molar-refractivity contribution in [2.75, 3.05) is 0 Å². The average molecular weight is 339 g/mol. The zero-order valence-electron chi connectivity index (χ0n) is 14.0. The van der Waals surface area contributed by atoms with Crippen LogP contribution in [0.1, 0.15) is 46.6 Å². The molecular formula is C19H21N3OS. The maximum atomic E-state index is 12.5. The van der Waals surface area contributed by atoms with Crippen molar-refractivity contribution >= 4 is 27.5 Å². The number of aromatic nitrogens is 2. The van der Waals surface area contributed by atoms with Crippen LogP contribution in [0.3, 0.4) is 0 Å². The molecule has 124 valence electrons. The number of aryl methyl sites for hydroxylation is 2. The van der Waals surface area contributed by atoms with E-state index >= 15 is 0 Å². The highest BCUT2D eigenvalue weighted by Gasteiger charge is 2.21. The van der Waals surface area contributed by atoms with E-state index in [1.807, 2.05) is 17.7 Å². The molecule has 0 spiro atoms. The molecule has 1 amide bonds. The molecule has 1 aliphatic carbocycles. The van der Waals surface area contributed by atoms with E-state index in [1.165, 1.54) is 29.7 Å². The summed E-state index contributed by atoms with van der Waals surface area (Å²) in [5.41, 5.74) is 3.21. The van der Waals surface area contributed by atoms with Crippen LogP contribution in [0.2, 0.25) is 0 Å². The van der Waals surface area contributed by atoms with E-state index in [-0.39, 0.29) is 5.91 Å². The Balaban J connectivity index is 1.68. The lowest BCUT2D eigenvalue weighted by Gasteiger charge is -2.10. The van der Waals surface area contributed by atoms with Crippen LogP contribution < -0.4 is 5.32 Å². The first-order valence-electron chi connectivity index (χ1n) is 8.49. The van der Waals surface area contributed by atoms with Crippen LogP contribution in [0.4, 0.5) is 0 Å². The molecule has 1 saturated carbocycles. The maximum absolute atomic E-state index is 12.5. The van der Waals surface area contributed by atoms with Gasteiger partial charge in [-0.25, -0.2) is 4.68 Å². The lowest BCUT2D eigenvalue weighted by molar-refractivity contribution is 0.0942. The van der Waals surface area contributed by atoms with Gasteiger partial charge in [0.2, 0.25) is 0 Å². The summed E-state index contributed by atoms with van der Waals surface area (Å²) in [5.74, 6) is 0.0537. The van der Waals surface area contributed by atoms with Crippen LogP contribution >= 0.6 is 11.3 Å². The van der Waals surface area contributed by atoms with Crippen LogP contribution in [0.5, 0.6) is 0 Å². The first kappa shape index (κ1) is 15.4. The van der Waals surface area contributed by atoms with Gasteiger partial charge in [-0.3, -0.25) is 4.79 Å². The molecule has 2 aromatic heterocycles. The van der Waals surface area contributed by atoms with Crippen molar-refractivity contribution < 1.29 is 4.79 Å². The van der Waals surface area contributed by atoms with Crippen LogP contribution in [0, 0.1) is 13.8 Å². The quantitative estimate of drug-likeness (QED) is 0.770. The zero-order valence-corrected chi connectivity index (χ0v) is 14.8. The van der Waals surface area contributed by atoms with Gasteiger partial charge in [0.15, 0.2) is 0 Å². The number of amides is 1. The molecule has 0 atom stereocenters. The van der Waals surface area contributed by atoms with Crippen molar-refractivity contribution in [3.63, 3.8) is 0 Å². The van der Waals surface area contributed by atoms with E-state index in [9.17, 15) is 4.79 Å². The van der Waals surface area contributed by atoms with E-state index in [2.05, 4.69) is 41.6 Å². The Labute approximate surface area is 145 Å². The summed E-state index contributed by atoms with van der Waals surface area (Å²) < 4.78 is 1.95. The fourth-order valence-corrected chi connectivity index (χ4v) is 4.43. The van der Waals surface area contributed by atoms with E-state index < -0.39 is 0 Å². The van der Waals surface area contributed by atoms with Gasteiger partial charge in [0, 0.05) is 11.4 Å². The molecule has 24 heavy (non-hydrogen) atoms. The Morgan fingerprint density at radius 3 is 2.62 bits per heavy atom. The standard InChI is InChI=1S/C19H21N3OS/c1-12-7-9-15(10-8-12)22-19-16(13(2)21-22)11-17(24-19)18(23)20-14-5-3-4-6-14/h7-11,14H,3-6H2,1-2H3,(H,20,23). The smallest absolute Gasteiger partial charge is 0.261 e. The van der Waals surface area contributed by atoms with Gasteiger partial charge >= 0.3 is 0 Å². The number of nitrogens with one attached hydrogen (secondary N) is 1. The van der Waals surface area contributed by atoms with E-state index in [0.717, 1.165) is 39.3 Å². The van der Waals surface area contributed by atoms with Gasteiger partial charge in [-0.1, -0.05) is 30.5 Å². The van der Waals surface area contributed by atoms with Crippen LogP contribution in [-0.4, -0.2) is 21.7 Å². The van der Waals surface area contributed by atoms with Crippen molar-refractivity contribution in [1.29, 1.82) is 0 Å². The Hall–Kier alpha value is -2.14. The van der Waals surface area contributed by atoms with Crippen LogP contribution in [0.25, 0.3) is 15.9 Å². The SMILES string of the molecule is Cc1ccc(-n2nc(C)c3cc(C(=O)NC4CCCC4)sc32)cc1. The normalized spacial score (nSPS) is 15.2. The largest absolute Gasteiger partial charge is 0.349 e. The molecule has 0 aliphatic heterocycles. The number of carbonyl (C=O) groups excluding carboxylic acids is 1. The number of fused-ring (bicyclic) bond motifs is 1. The number of carbonyl (C=O) groups is 1. The Morgan fingerprint density at radius 1 is 1.21 bits per heavy atom. The second kappa shape index (κ2) is 6.06. The molecular weight excluding hydrogens is 318 g/mol. The lowest BCUT2D eigenvalue weighted by atomic mass is 10.2. The van der Waals surface area contributed by atoms with Crippen LogP contribution in [-0.2, 0) is 0 Å². The molecule has 1 aromatic carbocycles. The second-order valence-electron chi connectivity index (χ2n) is 6.62. The summed E-state index contributed by atoms with van der Waals surface area (Å²) in [5, 5.41) is 8.89. The molecule has 4 nitrogen and oxygen atoms in total. The highest BCUT2D eigenvalue weighted by Crippen LogP contribution is 2.31. The van der Waals surface area contributed by atoms with Gasteiger partial charge < -0.3 is 5.32 Å². The Bertz CT molecular complexity index is 885. The van der Waals surface area contributed by atoms with Crippen molar-refractivity contribution in [3.8, 4) is 5.69 Å². The van der Waals surface area contributed by atoms with Gasteiger partial charge in [0.05, 0.1) is 16.3 Å². The molecule has 5 heteroatoms. The van der Waals surface area contributed by atoms with Crippen molar-refractivity contribution in [3.05, 3.63) is 46.5 Å². The van der Waals surface area contributed by atoms with Gasteiger partial charge in [-0.2, -0.15) is 5.10 Å². The third-order valence-electron chi connectivity index (χ3n) is 4.74. The fourth-order valence-electron chi connectivity index (χ4n) is 3.35. The van der Waals surface area contributed by atoms with E-state index in [4.69, 9.17) is 0 Å². The second-order valence-corrected chi connectivity index (χ2v) is 7.65. The number of nitrogens with zero attached hydrogens (tertiary/aromatic N) is 2. The van der Waals surface area contributed by atoms with Crippen molar-refractivity contribution in [1.82, 2.24) is 15.1 Å². The molecule has 4 rings (SSSR count). The molecule has 0 unspecified atom stereocenters. The monoisotopic (exact) mass is 339 g/mol. The molecule has 1 N–H and O–H groups in total. The number of hydrogen-bond acceptors (Lipinski definition) is 3. The van der Waals surface area contributed by atoms with Crippen molar-refractivity contribution in [2.24, 2.45) is 0 Å². The summed E-state index contributed by atoms with van der Waals surface area (Å²) >= 11 is 1.52.